The van der Waals surface area contributed by atoms with Gasteiger partial charge in [-0.25, -0.2) is 9.97 Å². The lowest BCUT2D eigenvalue weighted by Crippen LogP contribution is -2.25. The quantitative estimate of drug-likeness (QED) is 0.882. The van der Waals surface area contributed by atoms with Crippen LogP contribution in [-0.2, 0) is 6.42 Å². The van der Waals surface area contributed by atoms with Gasteiger partial charge in [0, 0.05) is 23.7 Å². The van der Waals surface area contributed by atoms with Crippen LogP contribution in [0.3, 0.4) is 0 Å². The molecule has 1 atom stereocenters. The van der Waals surface area contributed by atoms with Gasteiger partial charge in [-0.15, -0.1) is 11.3 Å². The van der Waals surface area contributed by atoms with Gasteiger partial charge >= 0.3 is 0 Å². The number of aromatic nitrogens is 2. The molecular formula is C13H16BrN3S. The molecule has 0 bridgehead atoms. The van der Waals surface area contributed by atoms with Gasteiger partial charge in [0.15, 0.2) is 0 Å². The molecule has 0 spiro atoms. The van der Waals surface area contributed by atoms with E-state index in [9.17, 15) is 0 Å². The van der Waals surface area contributed by atoms with Crippen LogP contribution in [-0.4, -0.2) is 16.5 Å². The maximum absolute atomic E-state index is 4.35. The summed E-state index contributed by atoms with van der Waals surface area (Å²) in [5.41, 5.74) is 0. The monoisotopic (exact) mass is 325 g/mol. The molecule has 5 heteroatoms. The number of thiophene rings is 1. The number of nitrogens with one attached hydrogen (secondary N) is 1. The van der Waals surface area contributed by atoms with E-state index in [2.05, 4.69) is 50.3 Å². The summed E-state index contributed by atoms with van der Waals surface area (Å²) in [7, 11) is 0. The highest BCUT2D eigenvalue weighted by molar-refractivity contribution is 9.11. The molecule has 0 aromatic carbocycles. The maximum atomic E-state index is 4.35. The first-order chi connectivity index (χ1) is 8.79. The molecule has 0 aliphatic heterocycles. The number of hydrogen-bond acceptors (Lipinski definition) is 4. The average Bonchev–Trinajstić information content (AvgIpc) is 2.81. The lowest BCUT2D eigenvalue weighted by atomic mass is 10.1. The predicted molar refractivity (Wildman–Crippen MR) is 78.8 cm³/mol. The summed E-state index contributed by atoms with van der Waals surface area (Å²) in [5, 5.41) is 3.51. The first-order valence-corrected chi connectivity index (χ1v) is 7.65. The van der Waals surface area contributed by atoms with Gasteiger partial charge in [0.2, 0.25) is 0 Å². The fraction of sp³-hybridized carbons (Fsp3) is 0.385. The van der Waals surface area contributed by atoms with Gasteiger partial charge in [0.25, 0.3) is 0 Å². The van der Waals surface area contributed by atoms with Crippen molar-refractivity contribution in [1.82, 2.24) is 15.3 Å². The van der Waals surface area contributed by atoms with Gasteiger partial charge in [-0.2, -0.15) is 0 Å². The second kappa shape index (κ2) is 6.97. The fourth-order valence-corrected chi connectivity index (χ4v) is 3.26. The van der Waals surface area contributed by atoms with E-state index >= 15 is 0 Å². The van der Waals surface area contributed by atoms with E-state index in [4.69, 9.17) is 0 Å². The van der Waals surface area contributed by atoms with E-state index in [1.54, 1.807) is 23.7 Å². The van der Waals surface area contributed by atoms with Gasteiger partial charge < -0.3 is 5.32 Å². The summed E-state index contributed by atoms with van der Waals surface area (Å²) >= 11 is 5.26. The molecule has 2 aromatic rings. The number of hydrogen-bond donors (Lipinski definition) is 1. The molecular weight excluding hydrogens is 310 g/mol. The largest absolute Gasteiger partial charge is 0.307 e. The molecule has 0 fully saturated rings. The molecule has 0 saturated carbocycles. The van der Waals surface area contributed by atoms with E-state index < -0.39 is 0 Å². The SMILES string of the molecule is CCCNC(Cc1ccc(Br)s1)c1ncccn1. The lowest BCUT2D eigenvalue weighted by Gasteiger charge is -2.16. The topological polar surface area (TPSA) is 37.8 Å². The molecule has 96 valence electrons. The van der Waals surface area contributed by atoms with Gasteiger partial charge in [-0.05, 0) is 47.1 Å². The van der Waals surface area contributed by atoms with Gasteiger partial charge in [-0.3, -0.25) is 0 Å². The molecule has 0 radical (unpaired) electrons. The highest BCUT2D eigenvalue weighted by Gasteiger charge is 2.14. The molecule has 18 heavy (non-hydrogen) atoms. The van der Waals surface area contributed by atoms with E-state index in [0.29, 0.717) is 0 Å². The average molecular weight is 326 g/mol. The van der Waals surface area contributed by atoms with Crippen molar-refractivity contribution in [2.45, 2.75) is 25.8 Å². The van der Waals surface area contributed by atoms with Crippen molar-refractivity contribution in [2.24, 2.45) is 0 Å². The van der Waals surface area contributed by atoms with Crippen molar-refractivity contribution in [1.29, 1.82) is 0 Å². The van der Waals surface area contributed by atoms with Crippen LogP contribution in [0.1, 0.15) is 30.1 Å². The summed E-state index contributed by atoms with van der Waals surface area (Å²) in [4.78, 5) is 10.0. The molecule has 2 aromatic heterocycles. The van der Waals surface area contributed by atoms with Crippen molar-refractivity contribution >= 4 is 27.3 Å². The van der Waals surface area contributed by atoms with Crippen molar-refractivity contribution in [3.05, 3.63) is 45.1 Å². The number of nitrogens with zero attached hydrogens (tertiary/aromatic N) is 2. The standard InChI is InChI=1S/C13H16BrN3S/c1-2-6-15-11(13-16-7-3-8-17-13)9-10-4-5-12(14)18-10/h3-5,7-8,11,15H,2,6,9H2,1H3. The maximum Gasteiger partial charge on any atom is 0.145 e. The van der Waals surface area contributed by atoms with Crippen LogP contribution in [0.25, 0.3) is 0 Å². The van der Waals surface area contributed by atoms with Crippen LogP contribution in [0.4, 0.5) is 0 Å². The van der Waals surface area contributed by atoms with E-state index in [-0.39, 0.29) is 6.04 Å². The Labute approximate surface area is 120 Å². The van der Waals surface area contributed by atoms with E-state index in [1.807, 2.05) is 6.07 Å². The summed E-state index contributed by atoms with van der Waals surface area (Å²) in [6.45, 7) is 3.15. The minimum atomic E-state index is 0.191. The summed E-state index contributed by atoms with van der Waals surface area (Å²) < 4.78 is 1.17. The first kappa shape index (κ1) is 13.6. The molecule has 0 amide bonds. The normalized spacial score (nSPS) is 12.6. The molecule has 0 aliphatic carbocycles. The minimum Gasteiger partial charge on any atom is -0.307 e. The fourth-order valence-electron chi connectivity index (χ4n) is 1.73. The molecule has 0 saturated heterocycles. The first-order valence-electron chi connectivity index (χ1n) is 6.04. The Bertz CT molecular complexity index is 472. The van der Waals surface area contributed by atoms with Crippen molar-refractivity contribution < 1.29 is 0 Å². The van der Waals surface area contributed by atoms with E-state index in [0.717, 1.165) is 25.2 Å². The zero-order chi connectivity index (χ0) is 12.8. The Morgan fingerprint density at radius 3 is 2.72 bits per heavy atom. The van der Waals surface area contributed by atoms with Crippen LogP contribution in [0.15, 0.2) is 34.4 Å². The molecule has 0 aliphatic rings. The van der Waals surface area contributed by atoms with Crippen LogP contribution in [0, 0.1) is 0 Å². The zero-order valence-electron chi connectivity index (χ0n) is 10.3. The highest BCUT2D eigenvalue weighted by atomic mass is 79.9. The second-order valence-corrected chi connectivity index (χ2v) is 6.57. The Hall–Kier alpha value is -0.780. The van der Waals surface area contributed by atoms with Crippen molar-refractivity contribution in [2.75, 3.05) is 6.54 Å². The third kappa shape index (κ3) is 3.86. The smallest absolute Gasteiger partial charge is 0.145 e. The minimum absolute atomic E-state index is 0.191. The molecule has 2 heterocycles. The van der Waals surface area contributed by atoms with Gasteiger partial charge in [-0.1, -0.05) is 6.92 Å². The summed E-state index contributed by atoms with van der Waals surface area (Å²) in [6, 6.07) is 6.28. The molecule has 1 N–H and O–H groups in total. The third-order valence-corrected chi connectivity index (χ3v) is 4.22. The lowest BCUT2D eigenvalue weighted by molar-refractivity contribution is 0.507. The van der Waals surface area contributed by atoms with E-state index in [1.165, 1.54) is 8.66 Å². The van der Waals surface area contributed by atoms with Crippen LogP contribution >= 0.6 is 27.3 Å². The number of halogens is 1. The van der Waals surface area contributed by atoms with Crippen LogP contribution in [0.2, 0.25) is 0 Å². The zero-order valence-corrected chi connectivity index (χ0v) is 12.7. The second-order valence-electron chi connectivity index (χ2n) is 4.02. The Balaban J connectivity index is 2.10. The molecule has 3 nitrogen and oxygen atoms in total. The molecule has 1 unspecified atom stereocenters. The summed E-state index contributed by atoms with van der Waals surface area (Å²) in [5.74, 6) is 0.871. The van der Waals surface area contributed by atoms with Gasteiger partial charge in [0.05, 0.1) is 9.83 Å². The van der Waals surface area contributed by atoms with Crippen molar-refractivity contribution in [3.8, 4) is 0 Å². The predicted octanol–water partition coefficient (Wildman–Crippen LogP) is 3.58. The van der Waals surface area contributed by atoms with Gasteiger partial charge in [0.1, 0.15) is 5.82 Å². The molecule has 2 rings (SSSR count). The number of rotatable bonds is 6. The van der Waals surface area contributed by atoms with Crippen LogP contribution < -0.4 is 5.32 Å². The van der Waals surface area contributed by atoms with Crippen LogP contribution in [0.5, 0.6) is 0 Å². The Morgan fingerprint density at radius 2 is 2.11 bits per heavy atom. The highest BCUT2D eigenvalue weighted by Crippen LogP contribution is 2.25. The van der Waals surface area contributed by atoms with Crippen molar-refractivity contribution in [3.63, 3.8) is 0 Å². The third-order valence-electron chi connectivity index (χ3n) is 2.57. The Kier molecular flexibility index (Phi) is 5.28. The summed E-state index contributed by atoms with van der Waals surface area (Å²) in [6.07, 6.45) is 5.64. The Morgan fingerprint density at radius 1 is 1.33 bits per heavy atom.